The van der Waals surface area contributed by atoms with E-state index in [0.29, 0.717) is 0 Å². The zero-order chi connectivity index (χ0) is 11.0. The van der Waals surface area contributed by atoms with E-state index in [1.165, 1.54) is 16.2 Å². The molecule has 0 fully saturated rings. The Labute approximate surface area is 94.5 Å². The first-order valence-corrected chi connectivity index (χ1v) is 5.27. The lowest BCUT2D eigenvalue weighted by Gasteiger charge is -2.05. The van der Waals surface area contributed by atoms with Crippen LogP contribution in [0.3, 0.4) is 0 Å². The van der Waals surface area contributed by atoms with Crippen LogP contribution in [0.1, 0.15) is 5.56 Å². The lowest BCUT2D eigenvalue weighted by molar-refractivity contribution is 1.72. The minimum atomic E-state index is 0.961. The first kappa shape index (κ1) is 9.00. The Balaban J connectivity index is 2.58. The summed E-state index contributed by atoms with van der Waals surface area (Å²) in [7, 11) is 0. The van der Waals surface area contributed by atoms with Gasteiger partial charge in [-0.25, -0.2) is 0 Å². The van der Waals surface area contributed by atoms with Gasteiger partial charge in [-0.3, -0.25) is 0 Å². The van der Waals surface area contributed by atoms with Gasteiger partial charge in [0.05, 0.1) is 0 Å². The van der Waals surface area contributed by atoms with Crippen molar-refractivity contribution in [2.24, 2.45) is 0 Å². The van der Waals surface area contributed by atoms with Crippen molar-refractivity contribution >= 4 is 21.5 Å². The maximum Gasteiger partial charge on any atom is 0.0321 e. The fourth-order valence-corrected chi connectivity index (χ4v) is 2.17. The van der Waals surface area contributed by atoms with Crippen molar-refractivity contribution in [1.29, 1.82) is 0 Å². The maximum absolute atomic E-state index is 5.51. The fourth-order valence-electron chi connectivity index (χ4n) is 2.17. The van der Waals surface area contributed by atoms with Crippen molar-refractivity contribution in [3.05, 3.63) is 60.2 Å². The van der Waals surface area contributed by atoms with E-state index >= 15 is 0 Å². The molecule has 0 amide bonds. The Morgan fingerprint density at radius 3 is 2.38 bits per heavy atom. The van der Waals surface area contributed by atoms with E-state index < -0.39 is 0 Å². The predicted molar refractivity (Wildman–Crippen MR) is 69.4 cm³/mol. The van der Waals surface area contributed by atoms with Gasteiger partial charge >= 0.3 is 0 Å². The van der Waals surface area contributed by atoms with Crippen LogP contribution in [-0.2, 0) is 0 Å². The van der Waals surface area contributed by atoms with Gasteiger partial charge in [-0.1, -0.05) is 54.5 Å². The second-order valence-corrected chi connectivity index (χ2v) is 3.83. The molecule has 3 rings (SSSR count). The topological polar surface area (TPSA) is 0 Å². The quantitative estimate of drug-likeness (QED) is 0.382. The summed E-state index contributed by atoms with van der Waals surface area (Å²) in [6.45, 7) is 0. The summed E-state index contributed by atoms with van der Waals surface area (Å²) < 4.78 is 0. The first-order valence-electron chi connectivity index (χ1n) is 5.27. The molecule has 0 spiro atoms. The molecule has 16 heavy (non-hydrogen) atoms. The van der Waals surface area contributed by atoms with E-state index in [1.54, 1.807) is 0 Å². The molecular formula is C16H10. The van der Waals surface area contributed by atoms with Crippen molar-refractivity contribution in [3.8, 4) is 12.3 Å². The molecule has 0 aromatic heterocycles. The van der Waals surface area contributed by atoms with Crippen molar-refractivity contribution in [2.45, 2.75) is 0 Å². The molecule has 0 aliphatic heterocycles. The van der Waals surface area contributed by atoms with Gasteiger partial charge in [0.2, 0.25) is 0 Å². The van der Waals surface area contributed by atoms with Gasteiger partial charge in [-0.05, 0) is 27.6 Å². The van der Waals surface area contributed by atoms with E-state index in [0.717, 1.165) is 10.9 Å². The molecule has 0 saturated carbocycles. The molecule has 0 radical (unpaired) electrons. The molecule has 0 nitrogen and oxygen atoms in total. The molecule has 74 valence electrons. The second-order valence-electron chi connectivity index (χ2n) is 3.83. The molecular weight excluding hydrogens is 192 g/mol. The Morgan fingerprint density at radius 1 is 0.688 bits per heavy atom. The number of terminal acetylenes is 1. The molecule has 3 aromatic carbocycles. The van der Waals surface area contributed by atoms with Crippen LogP contribution in [0, 0.1) is 12.3 Å². The zero-order valence-electron chi connectivity index (χ0n) is 8.77. The van der Waals surface area contributed by atoms with Gasteiger partial charge in [0.15, 0.2) is 0 Å². The highest BCUT2D eigenvalue weighted by Gasteiger charge is 2.01. The Bertz CT molecular complexity index is 715. The Morgan fingerprint density at radius 2 is 1.50 bits per heavy atom. The number of benzene rings is 3. The second kappa shape index (κ2) is 3.40. The van der Waals surface area contributed by atoms with Crippen molar-refractivity contribution < 1.29 is 0 Å². The molecule has 0 heteroatoms. The first-order chi connectivity index (χ1) is 7.90. The molecule has 0 bridgehead atoms. The highest BCUT2D eigenvalue weighted by atomic mass is 14.0. The van der Waals surface area contributed by atoms with Crippen LogP contribution < -0.4 is 0 Å². The van der Waals surface area contributed by atoms with E-state index in [-0.39, 0.29) is 0 Å². The van der Waals surface area contributed by atoms with Crippen LogP contribution in [0.15, 0.2) is 54.6 Å². The lowest BCUT2D eigenvalue weighted by Crippen LogP contribution is -1.81. The van der Waals surface area contributed by atoms with Crippen LogP contribution in [0.25, 0.3) is 21.5 Å². The smallest absolute Gasteiger partial charge is 0.0321 e. The Hall–Kier alpha value is -2.26. The number of rotatable bonds is 0. The number of fused-ring (bicyclic) bond motifs is 3. The van der Waals surface area contributed by atoms with Crippen LogP contribution >= 0.6 is 0 Å². The standard InChI is InChI=1S/C16H10/c1-2-12-7-5-9-16-14-8-4-3-6-13(14)10-11-15(12)16/h1,3-11H. The summed E-state index contributed by atoms with van der Waals surface area (Å²) >= 11 is 0. The van der Waals surface area contributed by atoms with Gasteiger partial charge in [0.25, 0.3) is 0 Å². The monoisotopic (exact) mass is 202 g/mol. The highest BCUT2D eigenvalue weighted by molar-refractivity contribution is 6.09. The third kappa shape index (κ3) is 1.19. The van der Waals surface area contributed by atoms with Gasteiger partial charge < -0.3 is 0 Å². The molecule has 0 aliphatic carbocycles. The van der Waals surface area contributed by atoms with Crippen LogP contribution in [0.5, 0.6) is 0 Å². The highest BCUT2D eigenvalue weighted by Crippen LogP contribution is 2.26. The van der Waals surface area contributed by atoms with E-state index in [1.807, 2.05) is 12.1 Å². The van der Waals surface area contributed by atoms with Gasteiger partial charge in [-0.15, -0.1) is 6.42 Å². The summed E-state index contributed by atoms with van der Waals surface area (Å²) in [5.41, 5.74) is 0.961. The number of hydrogen-bond donors (Lipinski definition) is 0. The molecule has 0 saturated heterocycles. The van der Waals surface area contributed by atoms with E-state index in [2.05, 4.69) is 48.4 Å². The Kier molecular flexibility index (Phi) is 1.91. The van der Waals surface area contributed by atoms with Gasteiger partial charge in [0.1, 0.15) is 0 Å². The van der Waals surface area contributed by atoms with Crippen molar-refractivity contribution in [2.75, 3.05) is 0 Å². The average molecular weight is 202 g/mol. The predicted octanol–water partition coefficient (Wildman–Crippen LogP) is 3.97. The molecule has 0 aliphatic rings. The molecule has 0 heterocycles. The van der Waals surface area contributed by atoms with Gasteiger partial charge in [-0.2, -0.15) is 0 Å². The summed E-state index contributed by atoms with van der Waals surface area (Å²) in [6.07, 6.45) is 5.51. The molecule has 0 atom stereocenters. The zero-order valence-corrected chi connectivity index (χ0v) is 8.77. The fraction of sp³-hybridized carbons (Fsp3) is 0. The molecule has 3 aromatic rings. The SMILES string of the molecule is C#Cc1cccc2c1ccc1ccccc12. The third-order valence-electron chi connectivity index (χ3n) is 2.94. The largest absolute Gasteiger partial charge is 0.115 e. The van der Waals surface area contributed by atoms with Crippen LogP contribution in [-0.4, -0.2) is 0 Å². The molecule has 0 N–H and O–H groups in total. The lowest BCUT2D eigenvalue weighted by atomic mass is 9.99. The molecule has 0 unspecified atom stereocenters. The third-order valence-corrected chi connectivity index (χ3v) is 2.94. The number of hydrogen-bond acceptors (Lipinski definition) is 0. The minimum Gasteiger partial charge on any atom is -0.115 e. The summed E-state index contributed by atoms with van der Waals surface area (Å²) in [5, 5.41) is 4.90. The minimum absolute atomic E-state index is 0.961. The van der Waals surface area contributed by atoms with Crippen LogP contribution in [0.2, 0.25) is 0 Å². The average Bonchev–Trinajstić information content (AvgIpc) is 2.37. The van der Waals surface area contributed by atoms with Crippen molar-refractivity contribution in [3.63, 3.8) is 0 Å². The summed E-state index contributed by atoms with van der Waals surface area (Å²) in [5.74, 6) is 2.73. The maximum atomic E-state index is 5.51. The van der Waals surface area contributed by atoms with E-state index in [9.17, 15) is 0 Å². The van der Waals surface area contributed by atoms with E-state index in [4.69, 9.17) is 6.42 Å². The normalized spacial score (nSPS) is 10.4. The van der Waals surface area contributed by atoms with Gasteiger partial charge in [0, 0.05) is 5.56 Å². The summed E-state index contributed by atoms with van der Waals surface area (Å²) in [6, 6.07) is 18.7. The summed E-state index contributed by atoms with van der Waals surface area (Å²) in [4.78, 5) is 0. The van der Waals surface area contributed by atoms with Crippen LogP contribution in [0.4, 0.5) is 0 Å². The van der Waals surface area contributed by atoms with Crippen molar-refractivity contribution in [1.82, 2.24) is 0 Å².